The van der Waals surface area contributed by atoms with E-state index in [4.69, 9.17) is 22.1 Å². The van der Waals surface area contributed by atoms with Gasteiger partial charge >= 0.3 is 6.09 Å². The third-order valence-corrected chi connectivity index (χ3v) is 7.59. The van der Waals surface area contributed by atoms with Crippen molar-refractivity contribution in [3.63, 3.8) is 0 Å². The molecule has 6 atom stereocenters. The van der Waals surface area contributed by atoms with Crippen LogP contribution in [0.4, 0.5) is 10.6 Å². The summed E-state index contributed by atoms with van der Waals surface area (Å²) >= 11 is 6.20. The number of halogens is 1. The summed E-state index contributed by atoms with van der Waals surface area (Å²) in [6, 6.07) is 1.49. The number of amides is 2. The molecule has 162 valence electrons. The highest BCUT2D eigenvalue weighted by Crippen LogP contribution is 2.56. The summed E-state index contributed by atoms with van der Waals surface area (Å²) in [4.78, 5) is 30.0. The van der Waals surface area contributed by atoms with Crippen LogP contribution in [0.2, 0.25) is 5.02 Å². The van der Waals surface area contributed by atoms with Crippen molar-refractivity contribution >= 4 is 29.4 Å². The van der Waals surface area contributed by atoms with Crippen LogP contribution in [0, 0.1) is 17.8 Å². The highest BCUT2D eigenvalue weighted by molar-refractivity contribution is 6.33. The first-order valence-corrected chi connectivity index (χ1v) is 11.1. The maximum Gasteiger partial charge on any atom is 0.410 e. The Kier molecular flexibility index (Phi) is 4.82. The standard InChI is InChI=1S/C21H27ClN4O4/c22-16-5-14(18(23)27)9-24-19(16)25-15-1-2-26(10-15)20(28)30-17-12-3-11-4-13(17)8-21(29,6-11)7-12/h5,9,11-13,15,17,29H,1-4,6-8,10H2,(H2,23,27)(H,24,25)/t11?,12-,13?,15+,17?,21-/m0/s1. The number of pyridine rings is 1. The highest BCUT2D eigenvalue weighted by atomic mass is 35.5. The zero-order valence-electron chi connectivity index (χ0n) is 16.7. The fraction of sp³-hybridized carbons (Fsp3) is 0.667. The van der Waals surface area contributed by atoms with E-state index in [1.807, 2.05) is 0 Å². The summed E-state index contributed by atoms with van der Waals surface area (Å²) in [5, 5.41) is 14.3. The van der Waals surface area contributed by atoms with Crippen LogP contribution < -0.4 is 11.1 Å². The number of ether oxygens (including phenoxy) is 1. The van der Waals surface area contributed by atoms with E-state index in [9.17, 15) is 14.7 Å². The largest absolute Gasteiger partial charge is 0.446 e. The van der Waals surface area contributed by atoms with Crippen molar-refractivity contribution in [2.45, 2.75) is 56.3 Å². The molecule has 3 unspecified atom stereocenters. The number of rotatable bonds is 4. The molecule has 4 bridgehead atoms. The lowest BCUT2D eigenvalue weighted by Gasteiger charge is -2.57. The molecule has 9 heteroatoms. The van der Waals surface area contributed by atoms with Gasteiger partial charge in [0.15, 0.2) is 0 Å². The molecule has 0 radical (unpaired) electrons. The highest BCUT2D eigenvalue weighted by Gasteiger charge is 2.56. The third-order valence-electron chi connectivity index (χ3n) is 7.30. The summed E-state index contributed by atoms with van der Waals surface area (Å²) in [7, 11) is 0. The first kappa shape index (κ1) is 19.9. The van der Waals surface area contributed by atoms with Crippen LogP contribution in [0.25, 0.3) is 0 Å². The molecule has 2 amide bonds. The topological polar surface area (TPSA) is 118 Å². The minimum atomic E-state index is -0.581. The van der Waals surface area contributed by atoms with E-state index in [-0.39, 0.29) is 35.6 Å². The monoisotopic (exact) mass is 434 g/mol. The van der Waals surface area contributed by atoms with Crippen LogP contribution in [0.15, 0.2) is 12.3 Å². The molecule has 5 fully saturated rings. The second-order valence-electron chi connectivity index (χ2n) is 9.54. The fourth-order valence-corrected chi connectivity index (χ4v) is 6.46. The Morgan fingerprint density at radius 2 is 2.03 bits per heavy atom. The Hall–Kier alpha value is -2.06. The molecule has 4 N–H and O–H groups in total. The number of aliphatic hydroxyl groups is 1. The summed E-state index contributed by atoms with van der Waals surface area (Å²) in [5.41, 5.74) is 4.97. The van der Waals surface area contributed by atoms with Crippen molar-refractivity contribution in [2.24, 2.45) is 23.5 Å². The van der Waals surface area contributed by atoms with E-state index in [1.54, 1.807) is 4.90 Å². The molecule has 4 saturated carbocycles. The molecule has 1 aromatic rings. The van der Waals surface area contributed by atoms with Crippen molar-refractivity contribution < 1.29 is 19.4 Å². The number of anilines is 1. The number of primary amides is 1. The Morgan fingerprint density at radius 3 is 2.67 bits per heavy atom. The number of nitrogens with zero attached hydrogens (tertiary/aromatic N) is 2. The SMILES string of the molecule is NC(=O)c1cnc(N[C@@H]2CCN(C(=O)OC3C4CC5C[C@H]3C[C@@](O)(C5)C4)C2)c(Cl)c1. The summed E-state index contributed by atoms with van der Waals surface area (Å²) in [5.74, 6) is 1.04. The maximum absolute atomic E-state index is 12.8. The van der Waals surface area contributed by atoms with E-state index in [1.165, 1.54) is 12.3 Å². The van der Waals surface area contributed by atoms with Crippen LogP contribution in [0.3, 0.4) is 0 Å². The van der Waals surface area contributed by atoms with E-state index in [2.05, 4.69) is 10.3 Å². The average molecular weight is 435 g/mol. The van der Waals surface area contributed by atoms with Gasteiger partial charge in [0.25, 0.3) is 0 Å². The zero-order chi connectivity index (χ0) is 21.0. The van der Waals surface area contributed by atoms with Crippen LogP contribution >= 0.6 is 11.6 Å². The van der Waals surface area contributed by atoms with Crippen molar-refractivity contribution in [3.05, 3.63) is 22.8 Å². The molecule has 4 aliphatic carbocycles. The Labute approximate surface area is 180 Å². The van der Waals surface area contributed by atoms with Gasteiger partial charge in [-0.3, -0.25) is 4.79 Å². The second-order valence-corrected chi connectivity index (χ2v) is 9.94. The number of likely N-dealkylation sites (tertiary alicyclic amines) is 1. The number of hydrogen-bond acceptors (Lipinski definition) is 6. The van der Waals surface area contributed by atoms with Gasteiger partial charge in [-0.1, -0.05) is 11.6 Å². The van der Waals surface area contributed by atoms with Gasteiger partial charge in [-0.05, 0) is 62.3 Å². The van der Waals surface area contributed by atoms with Gasteiger partial charge in [-0.25, -0.2) is 9.78 Å². The van der Waals surface area contributed by atoms with Gasteiger partial charge < -0.3 is 25.8 Å². The molecule has 30 heavy (non-hydrogen) atoms. The molecule has 0 spiro atoms. The zero-order valence-corrected chi connectivity index (χ0v) is 17.5. The van der Waals surface area contributed by atoms with Gasteiger partial charge in [0, 0.05) is 25.3 Å². The Morgan fingerprint density at radius 1 is 1.30 bits per heavy atom. The number of nitrogens with two attached hydrogens (primary N) is 1. The van der Waals surface area contributed by atoms with Crippen LogP contribution in [-0.2, 0) is 4.74 Å². The Bertz CT molecular complexity index is 865. The predicted molar refractivity (Wildman–Crippen MR) is 110 cm³/mol. The number of carbonyl (C=O) groups is 2. The van der Waals surface area contributed by atoms with E-state index >= 15 is 0 Å². The molecule has 2 heterocycles. The number of nitrogens with one attached hydrogen (secondary N) is 1. The molecule has 8 nitrogen and oxygen atoms in total. The van der Waals surface area contributed by atoms with Crippen molar-refractivity contribution in [2.75, 3.05) is 18.4 Å². The molecular formula is C21H27ClN4O4. The number of aromatic nitrogens is 1. The number of carbonyl (C=O) groups excluding carboxylic acids is 2. The quantitative estimate of drug-likeness (QED) is 0.669. The van der Waals surface area contributed by atoms with Crippen LogP contribution in [0.5, 0.6) is 0 Å². The molecule has 1 saturated heterocycles. The van der Waals surface area contributed by atoms with Crippen molar-refractivity contribution in [3.8, 4) is 0 Å². The van der Waals surface area contributed by atoms with Crippen LogP contribution in [0.1, 0.15) is 48.9 Å². The Balaban J connectivity index is 1.18. The minimum Gasteiger partial charge on any atom is -0.446 e. The lowest BCUT2D eigenvalue weighted by molar-refractivity contribution is -0.177. The second kappa shape index (κ2) is 7.27. The van der Waals surface area contributed by atoms with Crippen molar-refractivity contribution in [1.82, 2.24) is 9.88 Å². The van der Waals surface area contributed by atoms with Gasteiger partial charge in [-0.2, -0.15) is 0 Å². The van der Waals surface area contributed by atoms with Crippen LogP contribution in [-0.4, -0.2) is 57.8 Å². The summed E-state index contributed by atoms with van der Waals surface area (Å²) < 4.78 is 5.98. The summed E-state index contributed by atoms with van der Waals surface area (Å²) in [6.45, 7) is 1.10. The molecule has 0 aromatic carbocycles. The average Bonchev–Trinajstić information content (AvgIpc) is 3.13. The molecule has 1 aromatic heterocycles. The predicted octanol–water partition coefficient (Wildman–Crippen LogP) is 2.40. The third kappa shape index (κ3) is 3.60. The first-order chi connectivity index (χ1) is 14.3. The van der Waals surface area contributed by atoms with E-state index in [0.717, 1.165) is 38.5 Å². The maximum atomic E-state index is 12.8. The van der Waals surface area contributed by atoms with Crippen molar-refractivity contribution in [1.29, 1.82) is 0 Å². The van der Waals surface area contributed by atoms with Gasteiger partial charge in [0.05, 0.1) is 16.2 Å². The minimum absolute atomic E-state index is 0.00110. The lowest BCUT2D eigenvalue weighted by atomic mass is 9.53. The molecule has 5 aliphatic rings. The van der Waals surface area contributed by atoms with Gasteiger partial charge in [0.1, 0.15) is 11.9 Å². The first-order valence-electron chi connectivity index (χ1n) is 10.7. The fourth-order valence-electron chi connectivity index (χ4n) is 6.23. The van der Waals surface area contributed by atoms with E-state index < -0.39 is 11.5 Å². The lowest BCUT2D eigenvalue weighted by Crippen LogP contribution is -2.58. The number of hydrogen-bond donors (Lipinski definition) is 3. The van der Waals surface area contributed by atoms with Gasteiger partial charge in [0.2, 0.25) is 5.91 Å². The molecular weight excluding hydrogens is 408 g/mol. The van der Waals surface area contributed by atoms with E-state index in [0.29, 0.717) is 29.8 Å². The molecule has 6 rings (SSSR count). The smallest absolute Gasteiger partial charge is 0.410 e. The van der Waals surface area contributed by atoms with Gasteiger partial charge in [-0.15, -0.1) is 0 Å². The molecule has 1 aliphatic heterocycles. The normalized spacial score (nSPS) is 36.7. The summed E-state index contributed by atoms with van der Waals surface area (Å²) in [6.07, 6.45) is 6.35.